The van der Waals surface area contributed by atoms with Crippen LogP contribution in [0.2, 0.25) is 0 Å². The van der Waals surface area contributed by atoms with Gasteiger partial charge < -0.3 is 0 Å². The summed E-state index contributed by atoms with van der Waals surface area (Å²) in [5.41, 5.74) is 0.328. The summed E-state index contributed by atoms with van der Waals surface area (Å²) in [5.74, 6) is -0.385. The van der Waals surface area contributed by atoms with Crippen LogP contribution in [-0.2, 0) is 0 Å². The molecule has 0 amide bonds. The molecule has 1 aromatic rings. The quantitative estimate of drug-likeness (QED) is 0.672. The predicted octanol–water partition coefficient (Wildman–Crippen LogP) is 3.91. The Bertz CT molecular complexity index is 262. The molecular weight excluding hydrogens is 221 g/mol. The third-order valence-electron chi connectivity index (χ3n) is 1.42. The van der Waals surface area contributed by atoms with Crippen molar-refractivity contribution in [3.05, 3.63) is 35.6 Å². The Balaban J connectivity index is 2.94. The number of hydrogen-bond donors (Lipinski definition) is 0. The maximum Gasteiger partial charge on any atom is 0.128 e. The highest BCUT2D eigenvalue weighted by atomic mass is 35.5. The van der Waals surface area contributed by atoms with Gasteiger partial charge in [-0.2, -0.15) is 0 Å². The zero-order valence-corrected chi connectivity index (χ0v) is 8.24. The van der Waals surface area contributed by atoms with Crippen molar-refractivity contribution in [2.45, 2.75) is 10.2 Å². The summed E-state index contributed by atoms with van der Waals surface area (Å²) < 4.78 is 13.0. The van der Waals surface area contributed by atoms with E-state index in [-0.39, 0.29) is 5.82 Å². The molecular formula is C8H6Cl3F. The van der Waals surface area contributed by atoms with E-state index in [1.54, 1.807) is 18.2 Å². The second kappa shape index (κ2) is 4.31. The van der Waals surface area contributed by atoms with Crippen LogP contribution in [-0.4, -0.2) is 4.84 Å². The molecule has 0 spiro atoms. The highest BCUT2D eigenvalue weighted by molar-refractivity contribution is 6.48. The molecule has 0 aliphatic heterocycles. The molecule has 0 saturated carbocycles. The van der Waals surface area contributed by atoms with Gasteiger partial charge in [-0.1, -0.05) is 18.2 Å². The maximum atomic E-state index is 13.0. The maximum absolute atomic E-state index is 13.0. The largest absolute Gasteiger partial charge is 0.207 e. The minimum Gasteiger partial charge on any atom is -0.207 e. The first kappa shape index (κ1) is 10.1. The summed E-state index contributed by atoms with van der Waals surface area (Å²) in [6.07, 6.45) is 0. The second-order valence-electron chi connectivity index (χ2n) is 2.26. The monoisotopic (exact) mass is 226 g/mol. The molecule has 0 aromatic heterocycles. The van der Waals surface area contributed by atoms with Gasteiger partial charge >= 0.3 is 0 Å². The van der Waals surface area contributed by atoms with Gasteiger partial charge in [0.1, 0.15) is 10.7 Å². The molecule has 0 bridgehead atoms. The molecule has 12 heavy (non-hydrogen) atoms. The Morgan fingerprint density at radius 2 is 1.67 bits per heavy atom. The molecule has 1 aromatic carbocycles. The topological polar surface area (TPSA) is 0 Å². The summed E-state index contributed by atoms with van der Waals surface area (Å²) in [7, 11) is 0. The number of rotatable bonds is 2. The Labute approximate surface area is 85.2 Å². The number of alkyl halides is 3. The van der Waals surface area contributed by atoms with Crippen molar-refractivity contribution in [1.29, 1.82) is 0 Å². The van der Waals surface area contributed by atoms with E-state index in [9.17, 15) is 4.39 Å². The van der Waals surface area contributed by atoms with E-state index in [0.29, 0.717) is 5.56 Å². The van der Waals surface area contributed by atoms with E-state index >= 15 is 0 Å². The van der Waals surface area contributed by atoms with Crippen molar-refractivity contribution in [2.75, 3.05) is 0 Å². The summed E-state index contributed by atoms with van der Waals surface area (Å²) in [6.45, 7) is 0. The van der Waals surface area contributed by atoms with Crippen molar-refractivity contribution in [2.24, 2.45) is 0 Å². The van der Waals surface area contributed by atoms with Gasteiger partial charge in [-0.05, 0) is 6.07 Å². The lowest BCUT2D eigenvalue weighted by Gasteiger charge is -2.10. The summed E-state index contributed by atoms with van der Waals surface area (Å²) in [6, 6.07) is 6.15. The molecule has 0 aliphatic carbocycles. The Morgan fingerprint density at radius 1 is 1.08 bits per heavy atom. The Morgan fingerprint density at radius 3 is 2.17 bits per heavy atom. The zero-order valence-electron chi connectivity index (χ0n) is 5.98. The van der Waals surface area contributed by atoms with Gasteiger partial charge in [-0.15, -0.1) is 34.8 Å². The molecule has 0 heterocycles. The van der Waals surface area contributed by atoms with Crippen LogP contribution >= 0.6 is 34.8 Å². The smallest absolute Gasteiger partial charge is 0.128 e. The average molecular weight is 227 g/mol. The van der Waals surface area contributed by atoms with E-state index < -0.39 is 10.2 Å². The van der Waals surface area contributed by atoms with Gasteiger partial charge in [0.05, 0.1) is 5.38 Å². The fourth-order valence-electron chi connectivity index (χ4n) is 0.834. The van der Waals surface area contributed by atoms with Crippen LogP contribution in [0.15, 0.2) is 24.3 Å². The van der Waals surface area contributed by atoms with Crippen molar-refractivity contribution in [3.63, 3.8) is 0 Å². The van der Waals surface area contributed by atoms with Crippen molar-refractivity contribution < 1.29 is 4.39 Å². The second-order valence-corrected chi connectivity index (χ2v) is 3.89. The van der Waals surface area contributed by atoms with E-state index in [1.165, 1.54) is 6.07 Å². The van der Waals surface area contributed by atoms with E-state index in [0.717, 1.165) is 0 Å². The highest BCUT2D eigenvalue weighted by Crippen LogP contribution is 2.31. The lowest BCUT2D eigenvalue weighted by Crippen LogP contribution is -2.01. The molecule has 0 radical (unpaired) electrons. The summed E-state index contributed by atoms with van der Waals surface area (Å²) in [5, 5.41) is -0.700. The number of hydrogen-bond acceptors (Lipinski definition) is 0. The molecule has 1 atom stereocenters. The fraction of sp³-hybridized carbons (Fsp3) is 0.250. The molecule has 0 N–H and O–H groups in total. The fourth-order valence-corrected chi connectivity index (χ4v) is 1.28. The standard InChI is InChI=1S/C8H6Cl3F/c9-7(8(10)11)5-3-1-2-4-6(5)12/h1-4,7-8H. The molecule has 1 unspecified atom stereocenters. The molecule has 0 aliphatic rings. The van der Waals surface area contributed by atoms with Crippen LogP contribution in [0.5, 0.6) is 0 Å². The SMILES string of the molecule is Fc1ccccc1C(Cl)C(Cl)Cl. The lowest BCUT2D eigenvalue weighted by molar-refractivity contribution is 0.609. The van der Waals surface area contributed by atoms with Crippen LogP contribution in [0.1, 0.15) is 10.9 Å². The van der Waals surface area contributed by atoms with Gasteiger partial charge in [0.15, 0.2) is 0 Å². The van der Waals surface area contributed by atoms with Gasteiger partial charge in [0.2, 0.25) is 0 Å². The van der Waals surface area contributed by atoms with Crippen molar-refractivity contribution in [1.82, 2.24) is 0 Å². The van der Waals surface area contributed by atoms with Gasteiger partial charge in [0.25, 0.3) is 0 Å². The predicted molar refractivity (Wildman–Crippen MR) is 50.5 cm³/mol. The first-order valence-corrected chi connectivity index (χ1v) is 4.60. The minimum absolute atomic E-state index is 0.328. The lowest BCUT2D eigenvalue weighted by atomic mass is 10.1. The van der Waals surface area contributed by atoms with Crippen LogP contribution < -0.4 is 0 Å². The van der Waals surface area contributed by atoms with E-state index in [1.807, 2.05) is 0 Å². The average Bonchev–Trinajstić information content (AvgIpc) is 2.04. The number of benzene rings is 1. The number of halogens is 4. The van der Waals surface area contributed by atoms with Gasteiger partial charge in [0, 0.05) is 5.56 Å². The molecule has 0 saturated heterocycles. The first-order chi connectivity index (χ1) is 5.63. The van der Waals surface area contributed by atoms with Crippen molar-refractivity contribution >= 4 is 34.8 Å². The van der Waals surface area contributed by atoms with Crippen LogP contribution in [0, 0.1) is 5.82 Å². The third-order valence-corrected chi connectivity index (χ3v) is 2.67. The molecule has 0 nitrogen and oxygen atoms in total. The van der Waals surface area contributed by atoms with Crippen LogP contribution in [0.4, 0.5) is 4.39 Å². The zero-order chi connectivity index (χ0) is 9.14. The summed E-state index contributed by atoms with van der Waals surface area (Å²) in [4.78, 5) is -0.802. The van der Waals surface area contributed by atoms with Gasteiger partial charge in [-0.25, -0.2) is 4.39 Å². The van der Waals surface area contributed by atoms with E-state index in [2.05, 4.69) is 0 Å². The minimum atomic E-state index is -0.802. The van der Waals surface area contributed by atoms with E-state index in [4.69, 9.17) is 34.8 Å². The third kappa shape index (κ3) is 2.25. The Hall–Kier alpha value is 0.0200. The van der Waals surface area contributed by atoms with Crippen molar-refractivity contribution in [3.8, 4) is 0 Å². The molecule has 0 fully saturated rings. The molecule has 66 valence electrons. The first-order valence-electron chi connectivity index (χ1n) is 3.29. The molecule has 4 heteroatoms. The Kier molecular flexibility index (Phi) is 3.63. The van der Waals surface area contributed by atoms with Crippen LogP contribution in [0.25, 0.3) is 0 Å². The summed E-state index contributed by atoms with van der Waals surface area (Å²) >= 11 is 16.7. The molecule has 1 rings (SSSR count). The normalized spacial score (nSPS) is 13.4. The van der Waals surface area contributed by atoms with Gasteiger partial charge in [-0.3, -0.25) is 0 Å². The highest BCUT2D eigenvalue weighted by Gasteiger charge is 2.18. The van der Waals surface area contributed by atoms with Crippen LogP contribution in [0.3, 0.4) is 0 Å².